The number of amides is 1. The summed E-state index contributed by atoms with van der Waals surface area (Å²) < 4.78 is 20.9. The van der Waals surface area contributed by atoms with Crippen LogP contribution >= 0.6 is 8.25 Å². The lowest BCUT2D eigenvalue weighted by molar-refractivity contribution is -0.139. The van der Waals surface area contributed by atoms with Crippen molar-refractivity contribution in [3.8, 4) is 0 Å². The van der Waals surface area contributed by atoms with Crippen molar-refractivity contribution >= 4 is 20.1 Å². The third-order valence-electron chi connectivity index (χ3n) is 2.32. The van der Waals surface area contributed by atoms with Crippen LogP contribution in [0.25, 0.3) is 0 Å². The zero-order valence-electron chi connectivity index (χ0n) is 9.63. The lowest BCUT2D eigenvalue weighted by Crippen LogP contribution is -2.48. The van der Waals surface area contributed by atoms with Gasteiger partial charge in [0.2, 0.25) is 6.10 Å². The maximum Gasteiger partial charge on any atom is 0.698 e. The smallest absolute Gasteiger partial charge is 0.481 e. The molecular weight excluding hydrogens is 249 g/mol. The molecule has 0 aliphatic carbocycles. The Balaban J connectivity index is 2.53. The monoisotopic (exact) mass is 264 g/mol. The minimum Gasteiger partial charge on any atom is -0.481 e. The van der Waals surface area contributed by atoms with Gasteiger partial charge >= 0.3 is 14.2 Å². The lowest BCUT2D eigenvalue weighted by atomic mass is 9.87. The first-order valence-electron chi connectivity index (χ1n) is 5.09. The topological polar surface area (TPSA) is 102 Å². The van der Waals surface area contributed by atoms with E-state index in [9.17, 15) is 14.2 Å². The molecule has 2 unspecified atom stereocenters. The molecule has 1 saturated heterocycles. The van der Waals surface area contributed by atoms with E-state index in [-0.39, 0.29) is 19.6 Å². The number of carbonyl (C=O) groups excluding carboxylic acids is 1. The zero-order valence-corrected chi connectivity index (χ0v) is 10.5. The molecule has 0 bridgehead atoms. The second-order valence-corrected chi connectivity index (χ2v) is 5.32. The highest BCUT2D eigenvalue weighted by atomic mass is 31.1. The van der Waals surface area contributed by atoms with E-state index in [2.05, 4.69) is 5.32 Å². The summed E-state index contributed by atoms with van der Waals surface area (Å²) in [6.07, 6.45) is -1.06. The van der Waals surface area contributed by atoms with E-state index in [1.54, 1.807) is 13.8 Å². The van der Waals surface area contributed by atoms with Crippen molar-refractivity contribution in [1.82, 2.24) is 5.32 Å². The summed E-state index contributed by atoms with van der Waals surface area (Å²) in [6.45, 7) is 3.66. The Bertz CT molecular complexity index is 342. The minimum atomic E-state index is -2.28. The highest BCUT2D eigenvalue weighted by molar-refractivity contribution is 7.33. The van der Waals surface area contributed by atoms with E-state index >= 15 is 0 Å². The molecule has 2 N–H and O–H groups in total. The van der Waals surface area contributed by atoms with Gasteiger partial charge in [-0.05, 0) is 0 Å². The number of rotatable bonds is 4. The van der Waals surface area contributed by atoms with Gasteiger partial charge in [0, 0.05) is 16.5 Å². The summed E-state index contributed by atoms with van der Waals surface area (Å²) in [4.78, 5) is 22.0. The van der Waals surface area contributed by atoms with Crippen LogP contribution in [0.2, 0.25) is 0 Å². The van der Waals surface area contributed by atoms with Gasteiger partial charge in [-0.1, -0.05) is 13.8 Å². The summed E-state index contributed by atoms with van der Waals surface area (Å²) in [5.41, 5.74) is -0.601. The fraction of sp³-hybridized carbons (Fsp3) is 0.778. The molecule has 1 rings (SSSR count). The van der Waals surface area contributed by atoms with Gasteiger partial charge in [0.1, 0.15) is 6.61 Å². The van der Waals surface area contributed by atoms with Crippen LogP contribution in [-0.2, 0) is 23.2 Å². The van der Waals surface area contributed by atoms with E-state index in [1.807, 2.05) is 0 Å². The number of aliphatic carboxylic acids is 1. The molecule has 1 fully saturated rings. The number of carboxylic acids is 1. The van der Waals surface area contributed by atoms with Crippen molar-refractivity contribution in [3.63, 3.8) is 0 Å². The first kappa shape index (κ1) is 14.0. The molecule has 1 heterocycles. The van der Waals surface area contributed by atoms with Gasteiger partial charge in [-0.2, -0.15) is 0 Å². The Hall–Kier alpha value is -1.04. The molecule has 0 saturated carbocycles. The van der Waals surface area contributed by atoms with Crippen molar-refractivity contribution in [1.29, 1.82) is 0 Å². The van der Waals surface area contributed by atoms with Gasteiger partial charge in [-0.3, -0.25) is 9.59 Å². The third-order valence-corrected chi connectivity index (χ3v) is 3.04. The quantitative estimate of drug-likeness (QED) is 0.724. The summed E-state index contributed by atoms with van der Waals surface area (Å²) in [5.74, 6) is -1.47. The number of nitrogens with one attached hydrogen (secondary N) is 1. The first-order valence-corrected chi connectivity index (χ1v) is 6.19. The molecule has 1 aliphatic rings. The van der Waals surface area contributed by atoms with Gasteiger partial charge in [0.25, 0.3) is 5.91 Å². The van der Waals surface area contributed by atoms with Crippen LogP contribution in [0.3, 0.4) is 0 Å². The SMILES string of the molecule is CC1(C)CO[P+](=O)OC1C(=O)NCCC(=O)O. The molecule has 8 heteroatoms. The molecule has 96 valence electrons. The molecule has 0 aromatic rings. The summed E-state index contributed by atoms with van der Waals surface area (Å²) >= 11 is 0. The van der Waals surface area contributed by atoms with Crippen LogP contribution in [0.15, 0.2) is 0 Å². The number of hydrogen-bond donors (Lipinski definition) is 2. The molecule has 0 radical (unpaired) electrons. The van der Waals surface area contributed by atoms with E-state index in [4.69, 9.17) is 14.2 Å². The molecule has 1 aliphatic heterocycles. The predicted molar refractivity (Wildman–Crippen MR) is 57.5 cm³/mol. The van der Waals surface area contributed by atoms with Gasteiger partial charge < -0.3 is 10.4 Å². The Morgan fingerprint density at radius 1 is 1.53 bits per heavy atom. The normalized spacial score (nSPS) is 25.3. The van der Waals surface area contributed by atoms with Crippen molar-refractivity contribution < 1.29 is 28.3 Å². The second kappa shape index (κ2) is 5.53. The van der Waals surface area contributed by atoms with Crippen molar-refractivity contribution in [2.24, 2.45) is 5.41 Å². The van der Waals surface area contributed by atoms with E-state index < -0.39 is 31.7 Å². The highest BCUT2D eigenvalue weighted by Crippen LogP contribution is 2.41. The van der Waals surface area contributed by atoms with Crippen molar-refractivity contribution in [2.45, 2.75) is 26.4 Å². The Kier molecular flexibility index (Phi) is 4.56. The molecule has 2 atom stereocenters. The Labute approximate surface area is 99.4 Å². The lowest BCUT2D eigenvalue weighted by Gasteiger charge is -2.29. The molecule has 1 amide bonds. The standard InChI is InChI=1S/C9H14NO6P/c1-9(2)5-15-17(14)16-7(9)8(13)10-4-3-6(11)12/h7H,3-5H2,1-2H3,(H-,10,11,12,13)/p+1. The van der Waals surface area contributed by atoms with E-state index in [0.29, 0.717) is 0 Å². The van der Waals surface area contributed by atoms with Gasteiger partial charge in [-0.15, -0.1) is 9.05 Å². The predicted octanol–water partition coefficient (Wildman–Crippen LogP) is 0.676. The van der Waals surface area contributed by atoms with Gasteiger partial charge in [-0.25, -0.2) is 0 Å². The Morgan fingerprint density at radius 3 is 2.76 bits per heavy atom. The van der Waals surface area contributed by atoms with Crippen LogP contribution in [0.4, 0.5) is 0 Å². The van der Waals surface area contributed by atoms with Crippen LogP contribution in [0.5, 0.6) is 0 Å². The summed E-state index contributed by atoms with van der Waals surface area (Å²) in [7, 11) is -2.28. The summed E-state index contributed by atoms with van der Waals surface area (Å²) in [5, 5.41) is 10.9. The fourth-order valence-electron chi connectivity index (χ4n) is 1.34. The average Bonchev–Trinajstić information content (AvgIpc) is 2.21. The molecule has 7 nitrogen and oxygen atoms in total. The fourth-order valence-corrected chi connectivity index (χ4v) is 2.39. The first-order chi connectivity index (χ1) is 7.83. The number of hydrogen-bond acceptors (Lipinski definition) is 5. The van der Waals surface area contributed by atoms with Crippen LogP contribution < -0.4 is 5.32 Å². The van der Waals surface area contributed by atoms with Crippen LogP contribution in [0, 0.1) is 5.41 Å². The van der Waals surface area contributed by atoms with Gasteiger partial charge in [0.05, 0.1) is 6.42 Å². The molecular formula is C9H15NO6P+. The largest absolute Gasteiger partial charge is 0.698 e. The summed E-state index contributed by atoms with van der Waals surface area (Å²) in [6, 6.07) is 0. The molecule has 0 aromatic heterocycles. The minimum absolute atomic E-state index is 0.0156. The van der Waals surface area contributed by atoms with Crippen LogP contribution in [0.1, 0.15) is 20.3 Å². The van der Waals surface area contributed by atoms with Gasteiger partial charge in [0.15, 0.2) is 0 Å². The maximum atomic E-state index is 11.7. The number of carbonyl (C=O) groups is 2. The molecule has 0 spiro atoms. The maximum absolute atomic E-state index is 11.7. The van der Waals surface area contributed by atoms with Crippen LogP contribution in [-0.4, -0.2) is 36.2 Å². The molecule has 17 heavy (non-hydrogen) atoms. The number of carboxylic acid groups (broad SMARTS) is 1. The second-order valence-electron chi connectivity index (χ2n) is 4.41. The zero-order chi connectivity index (χ0) is 13.1. The van der Waals surface area contributed by atoms with Crippen molar-refractivity contribution in [3.05, 3.63) is 0 Å². The Morgan fingerprint density at radius 2 is 2.18 bits per heavy atom. The van der Waals surface area contributed by atoms with E-state index in [0.717, 1.165) is 0 Å². The average molecular weight is 264 g/mol. The molecule has 0 aromatic carbocycles. The highest BCUT2D eigenvalue weighted by Gasteiger charge is 2.50. The van der Waals surface area contributed by atoms with E-state index in [1.165, 1.54) is 0 Å². The van der Waals surface area contributed by atoms with Crippen molar-refractivity contribution in [2.75, 3.05) is 13.2 Å². The third kappa shape index (κ3) is 4.03.